The van der Waals surface area contributed by atoms with E-state index < -0.39 is 0 Å². The SMILES string of the molecule is CC(C)/C(N)=C(/SN)C(C)C. The summed E-state index contributed by atoms with van der Waals surface area (Å²) in [5, 5.41) is 5.49. The Morgan fingerprint density at radius 3 is 1.64 bits per heavy atom. The van der Waals surface area contributed by atoms with Crippen LogP contribution in [-0.2, 0) is 0 Å². The van der Waals surface area contributed by atoms with Crippen LogP contribution in [0.4, 0.5) is 0 Å². The van der Waals surface area contributed by atoms with Gasteiger partial charge in [-0.2, -0.15) is 0 Å². The summed E-state index contributed by atoms with van der Waals surface area (Å²) in [6.07, 6.45) is 0. The number of hydrogen-bond donors (Lipinski definition) is 2. The van der Waals surface area contributed by atoms with Gasteiger partial charge in [-0.15, -0.1) is 0 Å². The van der Waals surface area contributed by atoms with Gasteiger partial charge in [0.2, 0.25) is 0 Å². The van der Waals surface area contributed by atoms with Gasteiger partial charge in [0, 0.05) is 10.6 Å². The Bertz CT molecular complexity index is 150. The summed E-state index contributed by atoms with van der Waals surface area (Å²) in [5.74, 6) is 0.829. The average Bonchev–Trinajstić information content (AvgIpc) is 1.88. The van der Waals surface area contributed by atoms with E-state index in [1.807, 2.05) is 0 Å². The van der Waals surface area contributed by atoms with Crippen LogP contribution in [0, 0.1) is 11.8 Å². The molecule has 0 saturated heterocycles. The van der Waals surface area contributed by atoms with Crippen molar-refractivity contribution in [2.24, 2.45) is 22.7 Å². The van der Waals surface area contributed by atoms with Gasteiger partial charge in [-0.3, -0.25) is 5.14 Å². The molecule has 0 aromatic carbocycles. The third-order valence-corrected chi connectivity index (χ3v) is 2.52. The van der Waals surface area contributed by atoms with Crippen molar-refractivity contribution in [3.63, 3.8) is 0 Å². The second kappa shape index (κ2) is 4.67. The minimum atomic E-state index is 0.392. The molecular weight excluding hydrogens is 156 g/mol. The van der Waals surface area contributed by atoms with Crippen LogP contribution < -0.4 is 10.9 Å². The van der Waals surface area contributed by atoms with E-state index in [-0.39, 0.29) is 0 Å². The van der Waals surface area contributed by atoms with Gasteiger partial charge in [-0.1, -0.05) is 39.6 Å². The topological polar surface area (TPSA) is 52.0 Å². The standard InChI is InChI=1S/C8H18N2S/c1-5(2)7(9)8(11-10)6(3)4/h5-6H,9-10H2,1-4H3/b8-7-. The van der Waals surface area contributed by atoms with E-state index in [9.17, 15) is 0 Å². The third-order valence-electron chi connectivity index (χ3n) is 1.56. The molecule has 0 heterocycles. The molecule has 0 unspecified atom stereocenters. The van der Waals surface area contributed by atoms with Crippen molar-refractivity contribution in [1.82, 2.24) is 0 Å². The molecule has 2 nitrogen and oxygen atoms in total. The lowest BCUT2D eigenvalue weighted by Gasteiger charge is -2.14. The molecule has 3 heteroatoms. The highest BCUT2D eigenvalue weighted by atomic mass is 32.2. The Morgan fingerprint density at radius 1 is 1.09 bits per heavy atom. The first-order chi connectivity index (χ1) is 5.00. The van der Waals surface area contributed by atoms with Gasteiger partial charge in [0.25, 0.3) is 0 Å². The smallest absolute Gasteiger partial charge is 0.0219 e. The van der Waals surface area contributed by atoms with Gasteiger partial charge in [-0.05, 0) is 11.8 Å². The van der Waals surface area contributed by atoms with E-state index in [0.717, 1.165) is 10.6 Å². The molecule has 0 bridgehead atoms. The van der Waals surface area contributed by atoms with Gasteiger partial charge >= 0.3 is 0 Å². The molecule has 0 aliphatic rings. The lowest BCUT2D eigenvalue weighted by atomic mass is 10.1. The van der Waals surface area contributed by atoms with E-state index in [0.29, 0.717) is 11.8 Å². The molecule has 0 atom stereocenters. The highest BCUT2D eigenvalue weighted by Crippen LogP contribution is 2.24. The minimum absolute atomic E-state index is 0.392. The maximum atomic E-state index is 5.85. The van der Waals surface area contributed by atoms with Crippen LogP contribution in [0.25, 0.3) is 0 Å². The summed E-state index contributed by atoms with van der Waals surface area (Å²) >= 11 is 1.27. The van der Waals surface area contributed by atoms with Crippen LogP contribution >= 0.6 is 11.9 Å². The highest BCUT2D eigenvalue weighted by molar-refractivity contribution is 8.00. The van der Waals surface area contributed by atoms with Crippen molar-refractivity contribution in [1.29, 1.82) is 0 Å². The third kappa shape index (κ3) is 3.16. The second-order valence-electron chi connectivity index (χ2n) is 3.25. The average molecular weight is 174 g/mol. The molecule has 0 saturated carbocycles. The second-order valence-corrected chi connectivity index (χ2v) is 3.92. The fourth-order valence-corrected chi connectivity index (χ4v) is 1.47. The molecule has 4 N–H and O–H groups in total. The Morgan fingerprint density at radius 2 is 1.55 bits per heavy atom. The predicted molar refractivity (Wildman–Crippen MR) is 52.7 cm³/mol. The van der Waals surface area contributed by atoms with Crippen molar-refractivity contribution in [2.45, 2.75) is 27.7 Å². The first kappa shape index (κ1) is 10.8. The maximum Gasteiger partial charge on any atom is 0.0219 e. The van der Waals surface area contributed by atoms with Crippen LogP contribution in [0.5, 0.6) is 0 Å². The van der Waals surface area contributed by atoms with Gasteiger partial charge in [0.15, 0.2) is 0 Å². The van der Waals surface area contributed by atoms with E-state index in [1.54, 1.807) is 0 Å². The van der Waals surface area contributed by atoms with Gasteiger partial charge < -0.3 is 5.73 Å². The van der Waals surface area contributed by atoms with Crippen molar-refractivity contribution in [3.8, 4) is 0 Å². The monoisotopic (exact) mass is 174 g/mol. The molecule has 0 spiro atoms. The van der Waals surface area contributed by atoms with Crippen LogP contribution in [-0.4, -0.2) is 0 Å². The zero-order valence-corrected chi connectivity index (χ0v) is 8.53. The van der Waals surface area contributed by atoms with Crippen molar-refractivity contribution >= 4 is 11.9 Å². The molecule has 66 valence electrons. The summed E-state index contributed by atoms with van der Waals surface area (Å²) < 4.78 is 0. The molecule has 0 radical (unpaired) electrons. The highest BCUT2D eigenvalue weighted by Gasteiger charge is 2.09. The minimum Gasteiger partial charge on any atom is -0.401 e. The Hall–Kier alpha value is -0.150. The van der Waals surface area contributed by atoms with Gasteiger partial charge in [0.1, 0.15) is 0 Å². The Balaban J connectivity index is 4.54. The molecule has 0 aromatic heterocycles. The summed E-state index contributed by atoms with van der Waals surface area (Å²) in [6.45, 7) is 8.36. The molecule has 11 heavy (non-hydrogen) atoms. The fourth-order valence-electron chi connectivity index (χ4n) is 0.822. The van der Waals surface area contributed by atoms with Crippen LogP contribution in [0.2, 0.25) is 0 Å². The summed E-state index contributed by atoms with van der Waals surface area (Å²) in [4.78, 5) is 1.11. The van der Waals surface area contributed by atoms with Gasteiger partial charge in [0.05, 0.1) is 0 Å². The van der Waals surface area contributed by atoms with Crippen LogP contribution in [0.1, 0.15) is 27.7 Å². The molecule has 0 rings (SSSR count). The summed E-state index contributed by atoms with van der Waals surface area (Å²) in [7, 11) is 0. The van der Waals surface area contributed by atoms with Crippen molar-refractivity contribution in [3.05, 3.63) is 10.6 Å². The van der Waals surface area contributed by atoms with E-state index >= 15 is 0 Å². The molecular formula is C8H18N2S. The number of rotatable bonds is 3. The summed E-state index contributed by atoms with van der Waals surface area (Å²) in [5.41, 5.74) is 6.77. The number of hydrogen-bond acceptors (Lipinski definition) is 3. The zero-order valence-electron chi connectivity index (χ0n) is 7.72. The maximum absolute atomic E-state index is 5.85. The van der Waals surface area contributed by atoms with Crippen LogP contribution in [0.15, 0.2) is 10.6 Å². The van der Waals surface area contributed by atoms with Crippen LogP contribution in [0.3, 0.4) is 0 Å². The molecule has 0 aliphatic carbocycles. The molecule has 0 aromatic rings. The molecule has 0 amide bonds. The normalized spacial score (nSPS) is 14.1. The Kier molecular flexibility index (Phi) is 4.61. The molecule has 0 fully saturated rings. The number of nitrogens with two attached hydrogens (primary N) is 2. The largest absolute Gasteiger partial charge is 0.401 e. The van der Waals surface area contributed by atoms with E-state index in [1.165, 1.54) is 11.9 Å². The lowest BCUT2D eigenvalue weighted by Crippen LogP contribution is -2.11. The van der Waals surface area contributed by atoms with Gasteiger partial charge in [-0.25, -0.2) is 0 Å². The van der Waals surface area contributed by atoms with E-state index in [4.69, 9.17) is 10.9 Å². The lowest BCUT2D eigenvalue weighted by molar-refractivity contribution is 0.712. The van der Waals surface area contributed by atoms with Crippen molar-refractivity contribution in [2.75, 3.05) is 0 Å². The fraction of sp³-hybridized carbons (Fsp3) is 0.750. The Labute approximate surface area is 73.5 Å². The summed E-state index contributed by atoms with van der Waals surface area (Å²) in [6, 6.07) is 0. The van der Waals surface area contributed by atoms with Crippen molar-refractivity contribution < 1.29 is 0 Å². The predicted octanol–water partition coefficient (Wildman–Crippen LogP) is 2.08. The van der Waals surface area contributed by atoms with E-state index in [2.05, 4.69) is 27.7 Å². The number of allylic oxidation sites excluding steroid dienone is 2. The first-order valence-electron chi connectivity index (χ1n) is 3.87. The zero-order chi connectivity index (χ0) is 9.02. The first-order valence-corrected chi connectivity index (χ1v) is 4.74. The molecule has 0 aliphatic heterocycles. The quantitative estimate of drug-likeness (QED) is 0.644.